The molecule has 3 rings (SSSR count). The zero-order chi connectivity index (χ0) is 16.9. The predicted octanol–water partition coefficient (Wildman–Crippen LogP) is 1.97. The van der Waals surface area contributed by atoms with Crippen molar-refractivity contribution >= 4 is 6.03 Å². The first-order valence-electron chi connectivity index (χ1n) is 8.42. The number of urea groups is 1. The fraction of sp³-hybridized carbons (Fsp3) is 0.588. The van der Waals surface area contributed by atoms with Crippen LogP contribution in [0.2, 0.25) is 0 Å². The lowest BCUT2D eigenvalue weighted by molar-refractivity contribution is 0.104. The molecule has 5 nitrogen and oxygen atoms in total. The molecule has 2 aliphatic rings. The Morgan fingerprint density at radius 2 is 2.00 bits per heavy atom. The highest BCUT2D eigenvalue weighted by molar-refractivity contribution is 5.74. The van der Waals surface area contributed by atoms with Gasteiger partial charge in [-0.3, -0.25) is 4.90 Å². The first-order chi connectivity index (χ1) is 11.6. The number of nitrogens with one attached hydrogen (secondary N) is 1. The van der Waals surface area contributed by atoms with Gasteiger partial charge >= 0.3 is 6.03 Å². The molecule has 0 bridgehead atoms. The molecule has 2 heterocycles. The van der Waals surface area contributed by atoms with Gasteiger partial charge in [0.05, 0.1) is 6.10 Å². The summed E-state index contributed by atoms with van der Waals surface area (Å²) < 4.78 is 31.7. The molecule has 2 fully saturated rings. The largest absolute Gasteiger partial charge is 0.376 e. The van der Waals surface area contributed by atoms with Crippen molar-refractivity contribution in [2.75, 3.05) is 39.3 Å². The number of carbonyl (C=O) groups is 1. The van der Waals surface area contributed by atoms with Gasteiger partial charge in [-0.2, -0.15) is 0 Å². The first kappa shape index (κ1) is 17.1. The van der Waals surface area contributed by atoms with Gasteiger partial charge in [-0.1, -0.05) is 6.07 Å². The van der Waals surface area contributed by atoms with E-state index in [1.165, 1.54) is 6.07 Å². The summed E-state index contributed by atoms with van der Waals surface area (Å²) in [6.45, 7) is 4.58. The molecule has 0 saturated carbocycles. The number of piperazine rings is 1. The van der Waals surface area contributed by atoms with Crippen molar-refractivity contribution in [3.05, 3.63) is 35.4 Å². The quantitative estimate of drug-likeness (QED) is 0.912. The Hall–Kier alpha value is -1.73. The van der Waals surface area contributed by atoms with Crippen LogP contribution >= 0.6 is 0 Å². The van der Waals surface area contributed by atoms with Gasteiger partial charge in [0.15, 0.2) is 11.6 Å². The minimum absolute atomic E-state index is 0.0574. The molecule has 24 heavy (non-hydrogen) atoms. The van der Waals surface area contributed by atoms with Crippen LogP contribution in [0.5, 0.6) is 0 Å². The van der Waals surface area contributed by atoms with Crippen LogP contribution in [-0.4, -0.2) is 61.3 Å². The standard InChI is InChI=1S/C17H23F2N3O2/c18-15-4-3-13(10-16(15)19)12-21-5-7-22(8-6-21)17(23)20-11-14-2-1-9-24-14/h3-4,10,14H,1-2,5-9,11-12H2,(H,20,23)/t14-/m0/s1. The number of nitrogens with zero attached hydrogens (tertiary/aromatic N) is 2. The van der Waals surface area contributed by atoms with Crippen LogP contribution in [0.15, 0.2) is 18.2 Å². The van der Waals surface area contributed by atoms with Crippen molar-refractivity contribution in [2.24, 2.45) is 0 Å². The fourth-order valence-corrected chi connectivity index (χ4v) is 3.12. The monoisotopic (exact) mass is 339 g/mol. The summed E-state index contributed by atoms with van der Waals surface area (Å²) in [6, 6.07) is 3.92. The van der Waals surface area contributed by atoms with Gasteiger partial charge in [0.25, 0.3) is 0 Å². The van der Waals surface area contributed by atoms with Crippen LogP contribution in [0.3, 0.4) is 0 Å². The highest BCUT2D eigenvalue weighted by Gasteiger charge is 2.23. The molecule has 1 aromatic carbocycles. The molecule has 0 aromatic heterocycles. The third-order valence-corrected chi connectivity index (χ3v) is 4.55. The molecular weight excluding hydrogens is 316 g/mol. The van der Waals surface area contributed by atoms with E-state index in [1.807, 2.05) is 0 Å². The van der Waals surface area contributed by atoms with Gasteiger partial charge in [-0.05, 0) is 30.5 Å². The van der Waals surface area contributed by atoms with Crippen LogP contribution < -0.4 is 5.32 Å². The van der Waals surface area contributed by atoms with E-state index in [1.54, 1.807) is 11.0 Å². The van der Waals surface area contributed by atoms with Crippen LogP contribution in [0.4, 0.5) is 13.6 Å². The van der Waals surface area contributed by atoms with E-state index in [2.05, 4.69) is 10.2 Å². The van der Waals surface area contributed by atoms with Crippen LogP contribution in [-0.2, 0) is 11.3 Å². The second-order valence-electron chi connectivity index (χ2n) is 6.33. The SMILES string of the molecule is O=C(NC[C@@H]1CCCO1)N1CCN(Cc2ccc(F)c(F)c2)CC1. The lowest BCUT2D eigenvalue weighted by atomic mass is 10.2. The molecule has 2 saturated heterocycles. The van der Waals surface area contributed by atoms with E-state index >= 15 is 0 Å². The molecule has 7 heteroatoms. The van der Waals surface area contributed by atoms with Crippen LogP contribution in [0.25, 0.3) is 0 Å². The topological polar surface area (TPSA) is 44.8 Å². The lowest BCUT2D eigenvalue weighted by Gasteiger charge is -2.34. The van der Waals surface area contributed by atoms with Crippen molar-refractivity contribution in [3.63, 3.8) is 0 Å². The van der Waals surface area contributed by atoms with E-state index < -0.39 is 11.6 Å². The van der Waals surface area contributed by atoms with Crippen molar-refractivity contribution < 1.29 is 18.3 Å². The number of carbonyl (C=O) groups excluding carboxylic acids is 1. The molecule has 0 radical (unpaired) electrons. The number of amides is 2. The smallest absolute Gasteiger partial charge is 0.317 e. The predicted molar refractivity (Wildman–Crippen MR) is 85.6 cm³/mol. The highest BCUT2D eigenvalue weighted by Crippen LogP contribution is 2.13. The van der Waals surface area contributed by atoms with Gasteiger partial charge in [0.2, 0.25) is 0 Å². The van der Waals surface area contributed by atoms with Gasteiger partial charge in [0, 0.05) is 45.9 Å². The Balaban J connectivity index is 1.41. The minimum Gasteiger partial charge on any atom is -0.376 e. The number of halogens is 2. The van der Waals surface area contributed by atoms with E-state index in [0.717, 1.165) is 31.1 Å². The Labute approximate surface area is 140 Å². The van der Waals surface area contributed by atoms with Gasteiger partial charge in [-0.15, -0.1) is 0 Å². The molecule has 2 amide bonds. The van der Waals surface area contributed by atoms with E-state index in [0.29, 0.717) is 39.3 Å². The molecule has 0 spiro atoms. The fourth-order valence-electron chi connectivity index (χ4n) is 3.12. The summed E-state index contributed by atoms with van der Waals surface area (Å²) >= 11 is 0. The summed E-state index contributed by atoms with van der Waals surface area (Å²) in [4.78, 5) is 16.1. The third-order valence-electron chi connectivity index (χ3n) is 4.55. The number of hydrogen-bond donors (Lipinski definition) is 1. The third kappa shape index (κ3) is 4.42. The van der Waals surface area contributed by atoms with Crippen molar-refractivity contribution in [3.8, 4) is 0 Å². The summed E-state index contributed by atoms with van der Waals surface area (Å²) in [7, 11) is 0. The summed E-state index contributed by atoms with van der Waals surface area (Å²) in [5.41, 5.74) is 0.741. The number of rotatable bonds is 4. The Morgan fingerprint density at radius 3 is 2.67 bits per heavy atom. The zero-order valence-electron chi connectivity index (χ0n) is 13.6. The van der Waals surface area contributed by atoms with E-state index in [-0.39, 0.29) is 12.1 Å². The maximum absolute atomic E-state index is 13.2. The van der Waals surface area contributed by atoms with Crippen molar-refractivity contribution in [1.82, 2.24) is 15.1 Å². The van der Waals surface area contributed by atoms with Gasteiger partial charge < -0.3 is 15.0 Å². The normalized spacial score (nSPS) is 21.9. The Morgan fingerprint density at radius 1 is 1.21 bits per heavy atom. The van der Waals surface area contributed by atoms with E-state index in [9.17, 15) is 13.6 Å². The number of benzene rings is 1. The summed E-state index contributed by atoms with van der Waals surface area (Å²) in [5, 5.41) is 2.92. The maximum atomic E-state index is 13.2. The molecule has 1 N–H and O–H groups in total. The molecule has 1 aromatic rings. The first-order valence-corrected chi connectivity index (χ1v) is 8.42. The number of hydrogen-bond acceptors (Lipinski definition) is 3. The maximum Gasteiger partial charge on any atom is 0.317 e. The van der Waals surface area contributed by atoms with Crippen molar-refractivity contribution in [2.45, 2.75) is 25.5 Å². The molecule has 1 atom stereocenters. The highest BCUT2D eigenvalue weighted by atomic mass is 19.2. The van der Waals surface area contributed by atoms with Gasteiger partial charge in [0.1, 0.15) is 0 Å². The summed E-state index contributed by atoms with van der Waals surface area (Å²) in [5.74, 6) is -1.65. The molecular formula is C17H23F2N3O2. The second kappa shape index (κ2) is 7.90. The molecule has 0 aliphatic carbocycles. The lowest BCUT2D eigenvalue weighted by Crippen LogP contribution is -2.52. The Bertz CT molecular complexity index is 571. The average molecular weight is 339 g/mol. The van der Waals surface area contributed by atoms with Crippen LogP contribution in [0.1, 0.15) is 18.4 Å². The summed E-state index contributed by atoms with van der Waals surface area (Å²) in [6.07, 6.45) is 2.20. The average Bonchev–Trinajstić information content (AvgIpc) is 3.10. The minimum atomic E-state index is -0.827. The van der Waals surface area contributed by atoms with Crippen LogP contribution in [0, 0.1) is 11.6 Å². The van der Waals surface area contributed by atoms with E-state index in [4.69, 9.17) is 4.74 Å². The van der Waals surface area contributed by atoms with Crippen molar-refractivity contribution in [1.29, 1.82) is 0 Å². The second-order valence-corrected chi connectivity index (χ2v) is 6.33. The molecule has 2 aliphatic heterocycles. The molecule has 0 unspecified atom stereocenters. The Kier molecular flexibility index (Phi) is 5.63. The number of ether oxygens (including phenoxy) is 1. The van der Waals surface area contributed by atoms with Gasteiger partial charge in [-0.25, -0.2) is 13.6 Å². The zero-order valence-corrected chi connectivity index (χ0v) is 13.6. The molecule has 132 valence electrons.